The van der Waals surface area contributed by atoms with Gasteiger partial charge in [0.05, 0.1) is 0 Å². The summed E-state index contributed by atoms with van der Waals surface area (Å²) in [6, 6.07) is 9.19. The van der Waals surface area contributed by atoms with E-state index in [1.54, 1.807) is 0 Å². The highest BCUT2D eigenvalue weighted by atomic mass is 32.2. The molecule has 0 fully saturated rings. The Kier molecular flexibility index (Phi) is 6.68. The largest absolute Gasteiger partial charge is 0.310 e. The van der Waals surface area contributed by atoms with Crippen LogP contribution >= 0.6 is 11.8 Å². The van der Waals surface area contributed by atoms with Crippen molar-refractivity contribution in [1.29, 1.82) is 0 Å². The number of hydrogen-bond donors (Lipinski definition) is 1. The van der Waals surface area contributed by atoms with Crippen molar-refractivity contribution >= 4 is 11.8 Å². The molecule has 0 saturated carbocycles. The molecule has 17 heavy (non-hydrogen) atoms. The van der Waals surface area contributed by atoms with Gasteiger partial charge in [-0.2, -0.15) is 11.8 Å². The van der Waals surface area contributed by atoms with Crippen molar-refractivity contribution in [3.8, 4) is 0 Å². The molecule has 0 aliphatic heterocycles. The van der Waals surface area contributed by atoms with Gasteiger partial charge in [-0.3, -0.25) is 0 Å². The maximum absolute atomic E-state index is 3.59. The normalized spacial score (nSPS) is 13.0. The second kappa shape index (κ2) is 7.78. The second-order valence-electron chi connectivity index (χ2n) is 4.90. The monoisotopic (exact) mass is 251 g/mol. The molecule has 1 aromatic rings. The van der Waals surface area contributed by atoms with E-state index < -0.39 is 0 Å². The van der Waals surface area contributed by atoms with Gasteiger partial charge >= 0.3 is 0 Å². The fourth-order valence-corrected chi connectivity index (χ4v) is 3.05. The number of rotatable bonds is 7. The first-order valence-corrected chi connectivity index (χ1v) is 7.67. The van der Waals surface area contributed by atoms with Crippen molar-refractivity contribution in [2.24, 2.45) is 5.92 Å². The van der Waals surface area contributed by atoms with Crippen LogP contribution in [-0.4, -0.2) is 18.1 Å². The minimum absolute atomic E-state index is 0.491. The highest BCUT2D eigenvalue weighted by molar-refractivity contribution is 7.99. The van der Waals surface area contributed by atoms with Gasteiger partial charge in [-0.1, -0.05) is 45.0 Å². The van der Waals surface area contributed by atoms with Gasteiger partial charge in [0.15, 0.2) is 0 Å². The molecule has 0 amide bonds. The number of nitrogens with one attached hydrogen (secondary N) is 1. The molecule has 0 aliphatic carbocycles. The highest BCUT2D eigenvalue weighted by Crippen LogP contribution is 2.22. The Morgan fingerprint density at radius 2 is 1.88 bits per heavy atom. The average Bonchev–Trinajstić information content (AvgIpc) is 2.28. The van der Waals surface area contributed by atoms with Crippen LogP contribution in [0.2, 0.25) is 0 Å². The third kappa shape index (κ3) is 5.13. The van der Waals surface area contributed by atoms with Gasteiger partial charge in [-0.25, -0.2) is 0 Å². The van der Waals surface area contributed by atoms with Gasteiger partial charge in [0.1, 0.15) is 0 Å². The lowest BCUT2D eigenvalue weighted by atomic mass is 10.0. The first-order chi connectivity index (χ1) is 8.15. The molecule has 0 aromatic heterocycles. The molecular weight excluding hydrogens is 226 g/mol. The maximum Gasteiger partial charge on any atom is 0.0414 e. The van der Waals surface area contributed by atoms with E-state index >= 15 is 0 Å². The Balaban J connectivity index is 2.62. The van der Waals surface area contributed by atoms with Crippen LogP contribution in [0, 0.1) is 12.8 Å². The van der Waals surface area contributed by atoms with Gasteiger partial charge in [0.25, 0.3) is 0 Å². The van der Waals surface area contributed by atoms with Gasteiger partial charge in [-0.05, 0) is 36.3 Å². The quantitative estimate of drug-likeness (QED) is 0.785. The summed E-state index contributed by atoms with van der Waals surface area (Å²) in [6.45, 7) is 9.97. The summed E-state index contributed by atoms with van der Waals surface area (Å²) >= 11 is 2.05. The Labute approximate surface area is 110 Å². The number of aryl methyl sites for hydroxylation is 1. The topological polar surface area (TPSA) is 12.0 Å². The SMILES string of the molecule is CCNC(CSCC(C)C)c1ccccc1C. The predicted molar refractivity (Wildman–Crippen MR) is 79.8 cm³/mol. The first-order valence-electron chi connectivity index (χ1n) is 6.51. The Hall–Kier alpha value is -0.470. The van der Waals surface area contributed by atoms with Crippen molar-refractivity contribution in [3.63, 3.8) is 0 Å². The molecule has 0 bridgehead atoms. The molecular formula is C15H25NS. The van der Waals surface area contributed by atoms with Crippen molar-refractivity contribution in [2.75, 3.05) is 18.1 Å². The van der Waals surface area contributed by atoms with Crippen LogP contribution < -0.4 is 5.32 Å². The Morgan fingerprint density at radius 1 is 1.18 bits per heavy atom. The van der Waals surface area contributed by atoms with Crippen molar-refractivity contribution in [1.82, 2.24) is 5.32 Å². The number of hydrogen-bond acceptors (Lipinski definition) is 2. The number of thioether (sulfide) groups is 1. The Morgan fingerprint density at radius 3 is 2.47 bits per heavy atom. The predicted octanol–water partition coefficient (Wildman–Crippen LogP) is 4.03. The van der Waals surface area contributed by atoms with Crippen LogP contribution in [0.3, 0.4) is 0 Å². The lowest BCUT2D eigenvalue weighted by Gasteiger charge is -2.20. The van der Waals surface area contributed by atoms with Crippen LogP contribution in [0.5, 0.6) is 0 Å². The van der Waals surface area contributed by atoms with E-state index in [2.05, 4.69) is 69.0 Å². The smallest absolute Gasteiger partial charge is 0.0414 e. The lowest BCUT2D eigenvalue weighted by Crippen LogP contribution is -2.24. The lowest BCUT2D eigenvalue weighted by molar-refractivity contribution is 0.602. The third-order valence-corrected chi connectivity index (χ3v) is 4.22. The summed E-state index contributed by atoms with van der Waals surface area (Å²) in [5.41, 5.74) is 2.84. The van der Waals surface area contributed by atoms with E-state index in [4.69, 9.17) is 0 Å². The van der Waals surface area contributed by atoms with E-state index in [1.165, 1.54) is 16.9 Å². The maximum atomic E-state index is 3.59. The molecule has 2 heteroatoms. The summed E-state index contributed by atoms with van der Waals surface area (Å²) in [6.07, 6.45) is 0. The summed E-state index contributed by atoms with van der Waals surface area (Å²) in [5.74, 6) is 3.18. The summed E-state index contributed by atoms with van der Waals surface area (Å²) in [5, 5.41) is 3.59. The van der Waals surface area contributed by atoms with E-state index in [9.17, 15) is 0 Å². The molecule has 0 radical (unpaired) electrons. The fourth-order valence-electron chi connectivity index (χ4n) is 1.90. The summed E-state index contributed by atoms with van der Waals surface area (Å²) in [4.78, 5) is 0. The molecule has 1 rings (SSSR count). The molecule has 0 saturated heterocycles. The molecule has 1 aromatic carbocycles. The van der Waals surface area contributed by atoms with Crippen LogP contribution in [0.25, 0.3) is 0 Å². The van der Waals surface area contributed by atoms with E-state index in [-0.39, 0.29) is 0 Å². The standard InChI is InChI=1S/C15H25NS/c1-5-16-15(11-17-10-12(2)3)14-9-7-6-8-13(14)4/h6-9,12,15-16H,5,10-11H2,1-4H3. The van der Waals surface area contributed by atoms with Gasteiger partial charge in [0, 0.05) is 11.8 Å². The van der Waals surface area contributed by atoms with Gasteiger partial charge in [0.2, 0.25) is 0 Å². The van der Waals surface area contributed by atoms with E-state index in [0.29, 0.717) is 6.04 Å². The molecule has 1 nitrogen and oxygen atoms in total. The zero-order valence-corrected chi connectivity index (χ0v) is 12.3. The highest BCUT2D eigenvalue weighted by Gasteiger charge is 2.12. The van der Waals surface area contributed by atoms with Crippen molar-refractivity contribution in [2.45, 2.75) is 33.7 Å². The Bertz CT molecular complexity index is 322. The van der Waals surface area contributed by atoms with Gasteiger partial charge in [-0.15, -0.1) is 0 Å². The summed E-state index contributed by atoms with van der Waals surface area (Å²) in [7, 11) is 0. The van der Waals surface area contributed by atoms with Crippen molar-refractivity contribution < 1.29 is 0 Å². The van der Waals surface area contributed by atoms with Crippen LogP contribution in [0.15, 0.2) is 24.3 Å². The fraction of sp³-hybridized carbons (Fsp3) is 0.600. The second-order valence-corrected chi connectivity index (χ2v) is 5.97. The number of benzene rings is 1. The van der Waals surface area contributed by atoms with E-state index in [1.807, 2.05) is 0 Å². The molecule has 1 unspecified atom stereocenters. The minimum atomic E-state index is 0.491. The molecule has 1 N–H and O–H groups in total. The minimum Gasteiger partial charge on any atom is -0.310 e. The molecule has 1 atom stereocenters. The van der Waals surface area contributed by atoms with Crippen LogP contribution in [0.1, 0.15) is 37.9 Å². The van der Waals surface area contributed by atoms with Crippen LogP contribution in [0.4, 0.5) is 0 Å². The molecule has 0 aliphatic rings. The summed E-state index contributed by atoms with van der Waals surface area (Å²) < 4.78 is 0. The average molecular weight is 251 g/mol. The molecule has 0 heterocycles. The third-order valence-electron chi connectivity index (χ3n) is 2.75. The van der Waals surface area contributed by atoms with E-state index in [0.717, 1.165) is 18.2 Å². The van der Waals surface area contributed by atoms with Crippen LogP contribution in [-0.2, 0) is 0 Å². The molecule has 96 valence electrons. The zero-order valence-electron chi connectivity index (χ0n) is 11.5. The van der Waals surface area contributed by atoms with Gasteiger partial charge < -0.3 is 5.32 Å². The zero-order chi connectivity index (χ0) is 12.7. The first kappa shape index (κ1) is 14.6. The van der Waals surface area contributed by atoms with Crippen molar-refractivity contribution in [3.05, 3.63) is 35.4 Å². The molecule has 0 spiro atoms.